The zero-order valence-electron chi connectivity index (χ0n) is 14.2. The molecule has 4 rings (SSSR count). The fraction of sp³-hybridized carbons (Fsp3) is 0.474. The molecule has 6 heteroatoms. The molecule has 5 nitrogen and oxygen atoms in total. The molecule has 2 fully saturated rings. The first kappa shape index (κ1) is 16.5. The third-order valence-corrected chi connectivity index (χ3v) is 6.10. The first-order chi connectivity index (χ1) is 12.3. The monoisotopic (exact) mass is 357 g/mol. The summed E-state index contributed by atoms with van der Waals surface area (Å²) in [5.41, 5.74) is 0.310. The van der Waals surface area contributed by atoms with Gasteiger partial charge in [0.1, 0.15) is 10.8 Å². The summed E-state index contributed by atoms with van der Waals surface area (Å²) in [5, 5.41) is 6.38. The first-order valence-corrected chi connectivity index (χ1v) is 9.71. The van der Waals surface area contributed by atoms with Gasteiger partial charge in [-0.25, -0.2) is 4.98 Å². The maximum atomic E-state index is 12.9. The number of hydrogen-bond acceptors (Lipinski definition) is 5. The quantitative estimate of drug-likeness (QED) is 0.864. The van der Waals surface area contributed by atoms with Crippen molar-refractivity contribution in [1.29, 1.82) is 0 Å². The van der Waals surface area contributed by atoms with Crippen LogP contribution in [0, 0.1) is 5.41 Å². The molecule has 1 N–H and O–H groups in total. The van der Waals surface area contributed by atoms with Gasteiger partial charge >= 0.3 is 0 Å². The lowest BCUT2D eigenvalue weighted by Crippen LogP contribution is -2.41. The molecule has 2 heterocycles. The summed E-state index contributed by atoms with van der Waals surface area (Å²) >= 11 is 1.61. The molecule has 25 heavy (non-hydrogen) atoms. The van der Waals surface area contributed by atoms with E-state index in [9.17, 15) is 4.79 Å². The van der Waals surface area contributed by atoms with Crippen molar-refractivity contribution in [2.45, 2.75) is 31.8 Å². The second kappa shape index (κ2) is 7.14. The van der Waals surface area contributed by atoms with Crippen LogP contribution in [0.4, 0.5) is 0 Å². The predicted molar refractivity (Wildman–Crippen MR) is 97.5 cm³/mol. The van der Waals surface area contributed by atoms with Gasteiger partial charge in [0.15, 0.2) is 6.61 Å². The SMILES string of the molecule is O=C(COc1ccccc1)N(Cc1nccs1)[C@@H]1CC12CCNCC2. The van der Waals surface area contributed by atoms with Crippen molar-refractivity contribution < 1.29 is 9.53 Å². The standard InChI is InChI=1S/C19H23N3O2S/c23-18(14-24-15-4-2-1-3-5-15)22(13-17-21-10-11-25-17)16-12-19(16)6-8-20-9-7-19/h1-5,10-11,16,20H,6-9,12-14H2/t16-/m1/s1. The Morgan fingerprint density at radius 2 is 2.12 bits per heavy atom. The van der Waals surface area contributed by atoms with E-state index in [-0.39, 0.29) is 12.5 Å². The number of nitrogens with zero attached hydrogens (tertiary/aromatic N) is 2. The molecule has 0 bridgehead atoms. The second-order valence-corrected chi connectivity index (χ2v) is 7.86. The normalized spacial score (nSPS) is 21.0. The minimum absolute atomic E-state index is 0.0551. The van der Waals surface area contributed by atoms with Crippen LogP contribution < -0.4 is 10.1 Å². The van der Waals surface area contributed by atoms with Crippen LogP contribution in [0.3, 0.4) is 0 Å². The number of benzene rings is 1. The summed E-state index contributed by atoms with van der Waals surface area (Å²) in [5.74, 6) is 0.789. The molecule has 2 aliphatic rings. The average molecular weight is 357 g/mol. The van der Waals surface area contributed by atoms with Crippen LogP contribution in [0.2, 0.25) is 0 Å². The summed E-state index contributed by atoms with van der Waals surface area (Å²) < 4.78 is 5.70. The van der Waals surface area contributed by atoms with Gasteiger partial charge in [0, 0.05) is 17.6 Å². The van der Waals surface area contributed by atoms with E-state index in [1.54, 1.807) is 17.5 Å². The van der Waals surface area contributed by atoms with Gasteiger partial charge in [-0.15, -0.1) is 11.3 Å². The second-order valence-electron chi connectivity index (χ2n) is 6.88. The van der Waals surface area contributed by atoms with Gasteiger partial charge in [-0.3, -0.25) is 4.79 Å². The van der Waals surface area contributed by atoms with E-state index in [0.717, 1.165) is 43.1 Å². The van der Waals surface area contributed by atoms with Gasteiger partial charge in [-0.1, -0.05) is 18.2 Å². The molecule has 1 aliphatic carbocycles. The van der Waals surface area contributed by atoms with Crippen LogP contribution in [0.25, 0.3) is 0 Å². The molecular formula is C19H23N3O2S. The molecule has 1 aliphatic heterocycles. The zero-order valence-corrected chi connectivity index (χ0v) is 15.0. The maximum Gasteiger partial charge on any atom is 0.261 e. The number of carbonyl (C=O) groups excluding carboxylic acids is 1. The van der Waals surface area contributed by atoms with E-state index in [1.807, 2.05) is 40.6 Å². The Morgan fingerprint density at radius 3 is 2.84 bits per heavy atom. The lowest BCUT2D eigenvalue weighted by Gasteiger charge is -2.29. The van der Waals surface area contributed by atoms with Gasteiger partial charge in [-0.05, 0) is 49.9 Å². The van der Waals surface area contributed by atoms with Gasteiger partial charge in [0.2, 0.25) is 0 Å². The Hall–Kier alpha value is -1.92. The topological polar surface area (TPSA) is 54.5 Å². The number of nitrogens with one attached hydrogen (secondary N) is 1. The van der Waals surface area contributed by atoms with E-state index in [4.69, 9.17) is 4.74 Å². The van der Waals surface area contributed by atoms with E-state index < -0.39 is 0 Å². The largest absolute Gasteiger partial charge is 0.484 e. The smallest absolute Gasteiger partial charge is 0.261 e. The highest BCUT2D eigenvalue weighted by Gasteiger charge is 2.57. The maximum absolute atomic E-state index is 12.9. The number of hydrogen-bond donors (Lipinski definition) is 1. The van der Waals surface area contributed by atoms with Crippen LogP contribution >= 0.6 is 11.3 Å². The van der Waals surface area contributed by atoms with Gasteiger partial charge in [0.25, 0.3) is 5.91 Å². The van der Waals surface area contributed by atoms with E-state index in [2.05, 4.69) is 10.3 Å². The third kappa shape index (κ3) is 3.70. The minimum Gasteiger partial charge on any atom is -0.484 e. The highest BCUT2D eigenvalue weighted by molar-refractivity contribution is 7.09. The van der Waals surface area contributed by atoms with Crippen LogP contribution in [0.5, 0.6) is 5.75 Å². The number of amides is 1. The molecule has 1 spiro atoms. The van der Waals surface area contributed by atoms with Crippen LogP contribution in [0.15, 0.2) is 41.9 Å². The molecule has 0 radical (unpaired) electrons. The summed E-state index contributed by atoms with van der Waals surface area (Å²) in [7, 11) is 0. The first-order valence-electron chi connectivity index (χ1n) is 8.83. The number of thiazole rings is 1. The summed E-state index contributed by atoms with van der Waals surface area (Å²) in [6.45, 7) is 2.78. The Bertz CT molecular complexity index is 699. The summed E-state index contributed by atoms with van der Waals surface area (Å²) in [4.78, 5) is 19.3. The van der Waals surface area contributed by atoms with Gasteiger partial charge in [-0.2, -0.15) is 0 Å². The average Bonchev–Trinajstić information content (AvgIpc) is 3.08. The molecular weight excluding hydrogens is 334 g/mol. The van der Waals surface area contributed by atoms with Crippen molar-refractivity contribution in [3.05, 3.63) is 46.9 Å². The van der Waals surface area contributed by atoms with Crippen LogP contribution in [-0.2, 0) is 11.3 Å². The fourth-order valence-electron chi connectivity index (χ4n) is 3.82. The molecule has 2 aromatic rings. The highest BCUT2D eigenvalue weighted by Crippen LogP contribution is 2.56. The molecule has 1 aromatic heterocycles. The summed E-state index contributed by atoms with van der Waals surface area (Å²) in [6.07, 6.45) is 5.21. The van der Waals surface area contributed by atoms with Crippen molar-refractivity contribution in [3.8, 4) is 5.75 Å². The number of rotatable bonds is 6. The molecule has 0 unspecified atom stereocenters. The highest BCUT2D eigenvalue weighted by atomic mass is 32.1. The minimum atomic E-state index is 0.0551. The van der Waals surface area contributed by atoms with Crippen molar-refractivity contribution in [1.82, 2.24) is 15.2 Å². The lowest BCUT2D eigenvalue weighted by molar-refractivity contribution is -0.135. The molecule has 1 aromatic carbocycles. The lowest BCUT2D eigenvalue weighted by atomic mass is 9.93. The van der Waals surface area contributed by atoms with Crippen molar-refractivity contribution in [2.75, 3.05) is 19.7 Å². The van der Waals surface area contributed by atoms with E-state index in [0.29, 0.717) is 18.0 Å². The Morgan fingerprint density at radius 1 is 1.32 bits per heavy atom. The van der Waals surface area contributed by atoms with E-state index >= 15 is 0 Å². The van der Waals surface area contributed by atoms with Crippen LogP contribution in [-0.4, -0.2) is 41.5 Å². The van der Waals surface area contributed by atoms with Gasteiger partial charge in [0.05, 0.1) is 6.54 Å². The number of piperidine rings is 1. The predicted octanol–water partition coefficient (Wildman–Crippen LogP) is 2.69. The van der Waals surface area contributed by atoms with Crippen molar-refractivity contribution in [2.24, 2.45) is 5.41 Å². The molecule has 1 saturated carbocycles. The Kier molecular flexibility index (Phi) is 4.72. The van der Waals surface area contributed by atoms with Gasteiger partial charge < -0.3 is 15.0 Å². The Balaban J connectivity index is 1.44. The third-order valence-electron chi connectivity index (χ3n) is 5.34. The molecule has 1 atom stereocenters. The molecule has 1 saturated heterocycles. The molecule has 132 valence electrons. The zero-order chi connectivity index (χ0) is 17.1. The number of para-hydroxylation sites is 1. The van der Waals surface area contributed by atoms with Crippen LogP contribution in [0.1, 0.15) is 24.3 Å². The van der Waals surface area contributed by atoms with Crippen molar-refractivity contribution >= 4 is 17.2 Å². The fourth-order valence-corrected chi connectivity index (χ4v) is 4.44. The molecule has 1 amide bonds. The number of aromatic nitrogens is 1. The Labute approximate surface area is 152 Å². The number of carbonyl (C=O) groups is 1. The number of ether oxygens (including phenoxy) is 1. The van der Waals surface area contributed by atoms with E-state index in [1.165, 1.54) is 0 Å². The summed E-state index contributed by atoms with van der Waals surface area (Å²) in [6, 6.07) is 9.85. The van der Waals surface area contributed by atoms with Crippen molar-refractivity contribution in [3.63, 3.8) is 0 Å².